The number of aliphatic hydroxyl groups excluding tert-OH is 8. The summed E-state index contributed by atoms with van der Waals surface area (Å²) in [6.45, 7) is 3.95. The number of fused-ring (bicyclic) bond motifs is 2. The van der Waals surface area contributed by atoms with Gasteiger partial charge in [-0.1, -0.05) is 19.4 Å². The van der Waals surface area contributed by atoms with Crippen LogP contribution >= 0.6 is 0 Å². The van der Waals surface area contributed by atoms with E-state index in [9.17, 15) is 50.4 Å². The van der Waals surface area contributed by atoms with Crippen LogP contribution < -0.4 is 0 Å². The van der Waals surface area contributed by atoms with Crippen LogP contribution in [0.4, 0.5) is 0 Å². The summed E-state index contributed by atoms with van der Waals surface area (Å²) in [5.74, 6) is -5.08. The fraction of sp³-hybridized carbons (Fsp3) is 0.846. The molecule has 0 radical (unpaired) electrons. The minimum absolute atomic E-state index is 0.217. The molecule has 2 saturated heterocycles. The molecule has 0 spiro atoms. The molecule has 8 N–H and O–H groups in total. The Labute approximate surface area is 224 Å². The van der Waals surface area contributed by atoms with Gasteiger partial charge in [-0.2, -0.15) is 0 Å². The normalized spacial score (nSPS) is 55.3. The first-order chi connectivity index (χ1) is 18.2. The molecular formula is C26H38O13. The number of esters is 1. The number of rotatable bonds is 4. The Bertz CT molecular complexity index is 1030. The Morgan fingerprint density at radius 2 is 1.62 bits per heavy atom. The number of aliphatic hydroxyl groups is 8. The summed E-state index contributed by atoms with van der Waals surface area (Å²) in [4.78, 5) is 25.6. The van der Waals surface area contributed by atoms with Gasteiger partial charge in [0.2, 0.25) is 0 Å². The van der Waals surface area contributed by atoms with Crippen molar-refractivity contribution in [3.8, 4) is 0 Å². The Balaban J connectivity index is 1.52. The lowest BCUT2D eigenvalue weighted by Gasteiger charge is -2.69. The molecule has 2 aliphatic heterocycles. The smallest absolute Gasteiger partial charge is 0.335 e. The molecule has 4 fully saturated rings. The van der Waals surface area contributed by atoms with E-state index in [0.29, 0.717) is 5.57 Å². The van der Waals surface area contributed by atoms with E-state index in [1.807, 2.05) is 0 Å². The van der Waals surface area contributed by atoms with Gasteiger partial charge in [0.15, 0.2) is 18.2 Å². The SMILES string of the molecule is CC1=CC(=O)C(O)C2(C)C1CC1OC(=O)C(O)C3C(COC4OC(CO)C(O)C(O)C4O)C(O)C(O)C2C13C. The van der Waals surface area contributed by atoms with Crippen molar-refractivity contribution < 1.29 is 64.7 Å². The molecule has 2 heterocycles. The van der Waals surface area contributed by atoms with Crippen molar-refractivity contribution in [1.82, 2.24) is 0 Å². The third kappa shape index (κ3) is 3.90. The maximum absolute atomic E-state index is 12.9. The predicted octanol–water partition coefficient (Wildman–Crippen LogP) is -3.40. The third-order valence-electron chi connectivity index (χ3n) is 10.5. The molecule has 5 rings (SSSR count). The van der Waals surface area contributed by atoms with E-state index < -0.39 is 121 Å². The molecule has 2 saturated carbocycles. The summed E-state index contributed by atoms with van der Waals surface area (Å²) in [6, 6.07) is 0. The van der Waals surface area contributed by atoms with Crippen LogP contribution in [-0.2, 0) is 23.8 Å². The van der Waals surface area contributed by atoms with Gasteiger partial charge in [0, 0.05) is 28.6 Å². The van der Waals surface area contributed by atoms with Gasteiger partial charge in [0.25, 0.3) is 0 Å². The largest absolute Gasteiger partial charge is 0.460 e. The number of hydrogen-bond acceptors (Lipinski definition) is 13. The van der Waals surface area contributed by atoms with Crippen LogP contribution in [0, 0.1) is 34.5 Å². The van der Waals surface area contributed by atoms with E-state index in [2.05, 4.69) is 0 Å². The maximum Gasteiger partial charge on any atom is 0.335 e. The van der Waals surface area contributed by atoms with Crippen LogP contribution in [0.2, 0.25) is 0 Å². The van der Waals surface area contributed by atoms with Gasteiger partial charge in [0.05, 0.1) is 25.4 Å². The summed E-state index contributed by atoms with van der Waals surface area (Å²) >= 11 is 0. The molecule has 5 aliphatic rings. The Hall–Kier alpha value is -1.52. The molecule has 13 heteroatoms. The molecule has 13 nitrogen and oxygen atoms in total. The van der Waals surface area contributed by atoms with Crippen molar-refractivity contribution in [2.24, 2.45) is 34.5 Å². The van der Waals surface area contributed by atoms with Gasteiger partial charge >= 0.3 is 5.97 Å². The predicted molar refractivity (Wildman–Crippen MR) is 127 cm³/mol. The van der Waals surface area contributed by atoms with Gasteiger partial charge in [-0.25, -0.2) is 4.79 Å². The molecule has 16 atom stereocenters. The van der Waals surface area contributed by atoms with Gasteiger partial charge < -0.3 is 55.1 Å². The topological polar surface area (TPSA) is 224 Å². The van der Waals surface area contributed by atoms with Gasteiger partial charge in [-0.15, -0.1) is 0 Å². The number of allylic oxidation sites excluding steroid dienone is 1. The molecule has 0 bridgehead atoms. The quantitative estimate of drug-likeness (QED) is 0.158. The van der Waals surface area contributed by atoms with Gasteiger partial charge in [0.1, 0.15) is 36.6 Å². The standard InChI is InChI=1S/C26H38O13/c1-8-4-11(28)22(35)25(2)10(8)5-13-26(3)14(17(31)23(36)39-13)9(15(29)19(33)21(25)26)7-37-24-20(34)18(32)16(30)12(6-27)38-24/h4,9-10,12-22,24,27,29-35H,5-7H2,1-3H3. The highest BCUT2D eigenvalue weighted by Crippen LogP contribution is 2.68. The summed E-state index contributed by atoms with van der Waals surface area (Å²) in [5, 5.41) is 85.3. The maximum atomic E-state index is 12.9. The molecule has 0 aromatic heterocycles. The highest BCUT2D eigenvalue weighted by atomic mass is 16.7. The third-order valence-corrected chi connectivity index (χ3v) is 10.5. The molecule has 0 aromatic carbocycles. The number of hydrogen-bond donors (Lipinski definition) is 8. The van der Waals surface area contributed by atoms with Crippen molar-refractivity contribution in [1.29, 1.82) is 0 Å². The average molecular weight is 559 g/mol. The fourth-order valence-corrected chi connectivity index (χ4v) is 8.56. The van der Waals surface area contributed by atoms with E-state index in [1.165, 1.54) is 6.08 Å². The van der Waals surface area contributed by atoms with Crippen molar-refractivity contribution in [3.63, 3.8) is 0 Å². The first-order valence-corrected chi connectivity index (χ1v) is 13.3. The summed E-state index contributed by atoms with van der Waals surface area (Å²) in [5.41, 5.74) is -1.82. The Kier molecular flexibility index (Phi) is 7.28. The molecule has 0 amide bonds. The number of ether oxygens (including phenoxy) is 3. The summed E-state index contributed by atoms with van der Waals surface area (Å²) in [6.07, 6.45) is -13.5. The second kappa shape index (κ2) is 9.79. The highest BCUT2D eigenvalue weighted by Gasteiger charge is 2.74. The lowest BCUT2D eigenvalue weighted by molar-refractivity contribution is -0.327. The molecule has 3 aliphatic carbocycles. The van der Waals surface area contributed by atoms with Crippen LogP contribution in [0.3, 0.4) is 0 Å². The first kappa shape index (κ1) is 29.0. The van der Waals surface area contributed by atoms with Crippen molar-refractivity contribution in [3.05, 3.63) is 11.6 Å². The fourth-order valence-electron chi connectivity index (χ4n) is 8.56. The second-order valence-electron chi connectivity index (χ2n) is 12.3. The summed E-state index contributed by atoms with van der Waals surface area (Å²) < 4.78 is 16.7. The van der Waals surface area contributed by atoms with Crippen LogP contribution in [0.15, 0.2) is 11.6 Å². The average Bonchev–Trinajstić information content (AvgIpc) is 2.88. The Morgan fingerprint density at radius 3 is 2.26 bits per heavy atom. The molecule has 0 aromatic rings. The van der Waals surface area contributed by atoms with Gasteiger partial charge in [-0.3, -0.25) is 4.79 Å². The van der Waals surface area contributed by atoms with Crippen LogP contribution in [0.1, 0.15) is 27.2 Å². The van der Waals surface area contributed by atoms with Gasteiger partial charge in [-0.05, 0) is 25.3 Å². The zero-order valence-electron chi connectivity index (χ0n) is 21.9. The number of carbonyl (C=O) groups excluding carboxylic acids is 2. The highest BCUT2D eigenvalue weighted by molar-refractivity contribution is 5.96. The van der Waals surface area contributed by atoms with Crippen LogP contribution in [-0.4, -0.2) is 127 Å². The van der Waals surface area contributed by atoms with Crippen LogP contribution in [0.25, 0.3) is 0 Å². The second-order valence-corrected chi connectivity index (χ2v) is 12.3. The lowest BCUT2D eigenvalue weighted by atomic mass is 9.38. The van der Waals surface area contributed by atoms with E-state index >= 15 is 0 Å². The monoisotopic (exact) mass is 558 g/mol. The molecule has 16 unspecified atom stereocenters. The summed E-state index contributed by atoms with van der Waals surface area (Å²) in [7, 11) is 0. The molecule has 220 valence electrons. The van der Waals surface area contributed by atoms with E-state index in [-0.39, 0.29) is 6.42 Å². The van der Waals surface area contributed by atoms with E-state index in [0.717, 1.165) is 0 Å². The molecule has 39 heavy (non-hydrogen) atoms. The zero-order valence-corrected chi connectivity index (χ0v) is 21.9. The minimum atomic E-state index is -1.74. The van der Waals surface area contributed by atoms with Crippen molar-refractivity contribution >= 4 is 11.8 Å². The number of carbonyl (C=O) groups is 2. The molecular weight excluding hydrogens is 520 g/mol. The minimum Gasteiger partial charge on any atom is -0.460 e. The zero-order chi connectivity index (χ0) is 28.8. The van der Waals surface area contributed by atoms with Crippen molar-refractivity contribution in [2.75, 3.05) is 13.2 Å². The van der Waals surface area contributed by atoms with Crippen LogP contribution in [0.5, 0.6) is 0 Å². The van der Waals surface area contributed by atoms with E-state index in [4.69, 9.17) is 14.2 Å². The van der Waals surface area contributed by atoms with E-state index in [1.54, 1.807) is 20.8 Å². The lowest BCUT2D eigenvalue weighted by Crippen LogP contribution is -2.77. The Morgan fingerprint density at radius 1 is 0.949 bits per heavy atom. The van der Waals surface area contributed by atoms with Crippen molar-refractivity contribution in [2.45, 2.75) is 88.4 Å². The number of ketones is 1. The first-order valence-electron chi connectivity index (χ1n) is 13.3.